The van der Waals surface area contributed by atoms with Gasteiger partial charge in [0.2, 0.25) is 11.8 Å². The van der Waals surface area contributed by atoms with E-state index in [1.54, 1.807) is 24.4 Å². The molecule has 2 saturated carbocycles. The molecule has 2 fully saturated rings. The Morgan fingerprint density at radius 2 is 1.84 bits per heavy atom. The van der Waals surface area contributed by atoms with Gasteiger partial charge in [-0.3, -0.25) is 9.59 Å². The van der Waals surface area contributed by atoms with Gasteiger partial charge < -0.3 is 10.6 Å². The number of hydrogen-bond donors (Lipinski definition) is 2. The van der Waals surface area contributed by atoms with Crippen molar-refractivity contribution in [3.05, 3.63) is 54.0 Å². The minimum absolute atomic E-state index is 0.0575. The Hall–Kier alpha value is -3.27. The highest BCUT2D eigenvalue weighted by molar-refractivity contribution is 6.00. The second-order valence-electron chi connectivity index (χ2n) is 8.51. The Labute approximate surface area is 180 Å². The zero-order valence-corrected chi connectivity index (χ0v) is 17.2. The first-order valence-electron chi connectivity index (χ1n) is 10.7. The Kier molecular flexibility index (Phi) is 5.99. The van der Waals surface area contributed by atoms with Crippen LogP contribution in [0.1, 0.15) is 50.5 Å². The van der Waals surface area contributed by atoms with Crippen molar-refractivity contribution in [2.45, 2.75) is 50.4 Å². The van der Waals surface area contributed by atoms with Crippen molar-refractivity contribution in [3.63, 3.8) is 0 Å². The molecular formula is C24H25FN4O2. The Bertz CT molecular complexity index is 994. The Balaban J connectivity index is 1.42. The van der Waals surface area contributed by atoms with E-state index in [9.17, 15) is 14.0 Å². The number of carbonyl (C=O) groups is 2. The van der Waals surface area contributed by atoms with Crippen LogP contribution in [0.4, 0.5) is 15.9 Å². The zero-order chi connectivity index (χ0) is 21.8. The normalized spacial score (nSPS) is 21.9. The number of rotatable bonds is 5. The molecule has 0 radical (unpaired) electrons. The third kappa shape index (κ3) is 4.43. The van der Waals surface area contributed by atoms with Crippen molar-refractivity contribution >= 4 is 23.3 Å². The summed E-state index contributed by atoms with van der Waals surface area (Å²) in [6.07, 6.45) is 7.14. The van der Waals surface area contributed by atoms with Crippen LogP contribution in [0.15, 0.2) is 42.6 Å². The van der Waals surface area contributed by atoms with E-state index in [1.807, 2.05) is 6.07 Å². The van der Waals surface area contributed by atoms with Crippen LogP contribution in [0.3, 0.4) is 0 Å². The number of benzene rings is 1. The second kappa shape index (κ2) is 8.84. The molecular weight excluding hydrogens is 395 g/mol. The van der Waals surface area contributed by atoms with E-state index in [-0.39, 0.29) is 29.5 Å². The van der Waals surface area contributed by atoms with Gasteiger partial charge in [-0.15, -0.1) is 0 Å². The van der Waals surface area contributed by atoms with Crippen LogP contribution in [0.25, 0.3) is 0 Å². The average molecular weight is 420 g/mol. The van der Waals surface area contributed by atoms with Crippen LogP contribution in [0.5, 0.6) is 0 Å². The molecule has 0 unspecified atom stereocenters. The predicted octanol–water partition coefficient (Wildman–Crippen LogP) is 4.55. The quantitative estimate of drug-likeness (QED) is 0.742. The lowest BCUT2D eigenvalue weighted by atomic mass is 9.64. The van der Waals surface area contributed by atoms with Crippen molar-refractivity contribution in [1.82, 2.24) is 4.98 Å². The van der Waals surface area contributed by atoms with E-state index in [2.05, 4.69) is 21.7 Å². The number of anilines is 2. The lowest BCUT2D eigenvalue weighted by Gasteiger charge is -2.40. The maximum absolute atomic E-state index is 13.1. The first-order valence-corrected chi connectivity index (χ1v) is 10.7. The lowest BCUT2D eigenvalue weighted by Crippen LogP contribution is -2.46. The summed E-state index contributed by atoms with van der Waals surface area (Å²) in [6.45, 7) is 0. The molecule has 7 heteroatoms. The van der Waals surface area contributed by atoms with Crippen LogP contribution in [-0.4, -0.2) is 16.8 Å². The van der Waals surface area contributed by atoms with Gasteiger partial charge in [0.05, 0.1) is 11.5 Å². The molecule has 4 rings (SSSR count). The molecule has 2 amide bonds. The molecule has 1 aromatic heterocycles. The fraction of sp³-hybridized carbons (Fsp3) is 0.417. The fourth-order valence-corrected chi connectivity index (χ4v) is 4.49. The summed E-state index contributed by atoms with van der Waals surface area (Å²) in [4.78, 5) is 29.9. The monoisotopic (exact) mass is 420 g/mol. The molecule has 6 nitrogen and oxygen atoms in total. The van der Waals surface area contributed by atoms with Gasteiger partial charge in [-0.2, -0.15) is 5.26 Å². The van der Waals surface area contributed by atoms with E-state index in [1.165, 1.54) is 12.1 Å². The number of nitriles is 1. The van der Waals surface area contributed by atoms with Gasteiger partial charge in [0.1, 0.15) is 11.6 Å². The van der Waals surface area contributed by atoms with E-state index in [0.717, 1.165) is 31.2 Å². The number of amides is 2. The van der Waals surface area contributed by atoms with Gasteiger partial charge >= 0.3 is 0 Å². The number of halogens is 1. The van der Waals surface area contributed by atoms with E-state index in [4.69, 9.17) is 5.26 Å². The number of nitrogens with one attached hydrogen (secondary N) is 2. The molecule has 2 aliphatic carbocycles. The van der Waals surface area contributed by atoms with Crippen LogP contribution in [0, 0.1) is 29.0 Å². The van der Waals surface area contributed by atoms with E-state index < -0.39 is 5.41 Å². The predicted molar refractivity (Wildman–Crippen MR) is 114 cm³/mol. The van der Waals surface area contributed by atoms with Crippen molar-refractivity contribution in [3.8, 4) is 6.07 Å². The minimum Gasteiger partial charge on any atom is -0.325 e. The third-order valence-electron chi connectivity index (χ3n) is 6.54. The molecule has 2 aliphatic rings. The number of pyridine rings is 1. The van der Waals surface area contributed by atoms with Gasteiger partial charge in [-0.25, -0.2) is 9.37 Å². The van der Waals surface area contributed by atoms with Crippen molar-refractivity contribution in [1.29, 1.82) is 5.26 Å². The molecule has 0 spiro atoms. The van der Waals surface area contributed by atoms with Crippen LogP contribution < -0.4 is 10.6 Å². The molecule has 0 saturated heterocycles. The largest absolute Gasteiger partial charge is 0.325 e. The highest BCUT2D eigenvalue weighted by atomic mass is 19.1. The number of nitrogens with zero attached hydrogens (tertiary/aromatic N) is 2. The summed E-state index contributed by atoms with van der Waals surface area (Å²) in [6, 6.07) is 11.5. The first kappa shape index (κ1) is 21.0. The number of hydrogen-bond acceptors (Lipinski definition) is 4. The topological polar surface area (TPSA) is 94.9 Å². The van der Waals surface area contributed by atoms with Crippen molar-refractivity contribution < 1.29 is 14.0 Å². The maximum atomic E-state index is 13.1. The average Bonchev–Trinajstić information content (AvgIpc) is 2.76. The molecule has 2 aromatic rings. The van der Waals surface area contributed by atoms with Gasteiger partial charge in [0.25, 0.3) is 0 Å². The molecule has 0 aliphatic heterocycles. The fourth-order valence-electron chi connectivity index (χ4n) is 4.49. The maximum Gasteiger partial charge on any atom is 0.235 e. The highest BCUT2D eigenvalue weighted by Gasteiger charge is 2.46. The standard InChI is InChI=1S/C24H25FN4O2/c25-19-6-8-20(9-7-19)28-23(31)24(11-2-12-24)18-5-10-21(27-15-18)29-22(30)17-4-1-3-16(13-17)14-26/h5-10,15-17H,1-4,11-13H2,(H,28,31)(H,27,29,30)/t16-,17+/m1/s1. The van der Waals surface area contributed by atoms with E-state index in [0.29, 0.717) is 30.8 Å². The first-order chi connectivity index (χ1) is 15.0. The molecule has 1 aromatic carbocycles. The summed E-state index contributed by atoms with van der Waals surface area (Å²) in [5, 5.41) is 14.9. The van der Waals surface area contributed by atoms with Crippen LogP contribution in [0.2, 0.25) is 0 Å². The van der Waals surface area contributed by atoms with Crippen molar-refractivity contribution in [2.24, 2.45) is 11.8 Å². The highest BCUT2D eigenvalue weighted by Crippen LogP contribution is 2.44. The van der Waals surface area contributed by atoms with Crippen molar-refractivity contribution in [2.75, 3.05) is 10.6 Å². The van der Waals surface area contributed by atoms with E-state index >= 15 is 0 Å². The number of carbonyl (C=O) groups excluding carboxylic acids is 2. The molecule has 31 heavy (non-hydrogen) atoms. The second-order valence-corrected chi connectivity index (χ2v) is 8.51. The molecule has 2 N–H and O–H groups in total. The van der Waals surface area contributed by atoms with Gasteiger partial charge in [-0.05, 0) is 68.0 Å². The van der Waals surface area contributed by atoms with Gasteiger partial charge in [-0.1, -0.05) is 18.9 Å². The molecule has 0 bridgehead atoms. The van der Waals surface area contributed by atoms with Gasteiger partial charge in [0.15, 0.2) is 0 Å². The summed E-state index contributed by atoms with van der Waals surface area (Å²) < 4.78 is 13.1. The summed E-state index contributed by atoms with van der Waals surface area (Å²) in [5.41, 5.74) is 0.698. The lowest BCUT2D eigenvalue weighted by molar-refractivity contribution is -0.124. The minimum atomic E-state index is -0.659. The molecule has 1 heterocycles. The van der Waals surface area contributed by atoms with Crippen LogP contribution in [-0.2, 0) is 15.0 Å². The Morgan fingerprint density at radius 3 is 2.45 bits per heavy atom. The third-order valence-corrected chi connectivity index (χ3v) is 6.54. The Morgan fingerprint density at radius 1 is 1.06 bits per heavy atom. The smallest absolute Gasteiger partial charge is 0.235 e. The molecule has 160 valence electrons. The van der Waals surface area contributed by atoms with Crippen LogP contribution >= 0.6 is 0 Å². The van der Waals surface area contributed by atoms with Gasteiger partial charge in [0, 0.05) is 23.7 Å². The summed E-state index contributed by atoms with van der Waals surface area (Å²) >= 11 is 0. The molecule has 2 atom stereocenters. The summed E-state index contributed by atoms with van der Waals surface area (Å²) in [7, 11) is 0. The number of aromatic nitrogens is 1. The zero-order valence-electron chi connectivity index (χ0n) is 17.2. The SMILES string of the molecule is N#C[C@@H]1CCC[C@H](C(=O)Nc2ccc(C3(C(=O)Nc4ccc(F)cc4)CCC3)cn2)C1. The summed E-state index contributed by atoms with van der Waals surface area (Å²) in [5.74, 6) is -0.366.